The first-order valence-corrected chi connectivity index (χ1v) is 27.4. The second-order valence-corrected chi connectivity index (χ2v) is 22.0. The Labute approximate surface area is 446 Å². The molecule has 5 aliphatic heterocycles. The van der Waals surface area contributed by atoms with Crippen LogP contribution in [0.15, 0.2) is 83.0 Å². The van der Waals surface area contributed by atoms with Crippen molar-refractivity contribution in [2.24, 2.45) is 5.92 Å². The number of para-hydroxylation sites is 1. The summed E-state index contributed by atoms with van der Waals surface area (Å²) in [6.45, 7) is 14.1. The average molecular weight is 1050 g/mol. The quantitative estimate of drug-likeness (QED) is 0.0897. The molecule has 4 saturated heterocycles. The molecular formula is C55H67N13O7S. The van der Waals surface area contributed by atoms with E-state index >= 15 is 0 Å². The molecule has 2 amide bonds. The first-order valence-electron chi connectivity index (χ1n) is 26.5. The third-order valence-electron chi connectivity index (χ3n) is 15.8. The van der Waals surface area contributed by atoms with Gasteiger partial charge < -0.3 is 54.9 Å². The van der Waals surface area contributed by atoms with Crippen LogP contribution in [-0.4, -0.2) is 165 Å². The number of carbonyl (C=O) groups excluding carboxylic acids is 2. The number of nitrogens with two attached hydrogens (primary N) is 1. The van der Waals surface area contributed by atoms with E-state index in [9.17, 15) is 19.8 Å². The minimum Gasteiger partial charge on any atom is -0.507 e. The van der Waals surface area contributed by atoms with Crippen molar-refractivity contribution in [3.05, 3.63) is 95.5 Å². The molecule has 0 radical (unpaired) electrons. The normalized spacial score (nSPS) is 21.4. The summed E-state index contributed by atoms with van der Waals surface area (Å²) in [6.07, 6.45) is 3.27. The molecule has 400 valence electrons. The molecule has 6 atom stereocenters. The lowest BCUT2D eigenvalue weighted by Crippen LogP contribution is -2.54. The zero-order valence-corrected chi connectivity index (χ0v) is 44.3. The van der Waals surface area contributed by atoms with Crippen LogP contribution >= 0.6 is 11.3 Å². The van der Waals surface area contributed by atoms with Gasteiger partial charge in [-0.3, -0.25) is 19.4 Å². The fraction of sp³-hybridized carbons (Fsp3) is 0.473. The fourth-order valence-electron chi connectivity index (χ4n) is 11.8. The summed E-state index contributed by atoms with van der Waals surface area (Å²) in [6, 6.07) is 20.5. The van der Waals surface area contributed by atoms with Crippen LogP contribution in [0.4, 0.5) is 22.9 Å². The van der Waals surface area contributed by atoms with Crippen LogP contribution in [0.25, 0.3) is 21.7 Å². The summed E-state index contributed by atoms with van der Waals surface area (Å²) >= 11 is 1.63. The van der Waals surface area contributed by atoms with Crippen LogP contribution in [0, 0.1) is 5.92 Å². The molecule has 11 rings (SSSR count). The van der Waals surface area contributed by atoms with E-state index in [1.807, 2.05) is 63.8 Å². The molecule has 0 aliphatic carbocycles. The van der Waals surface area contributed by atoms with Crippen molar-refractivity contribution in [2.75, 3.05) is 99.6 Å². The number of rotatable bonds is 17. The molecule has 5 aliphatic rings. The minimum atomic E-state index is -0.839. The Balaban J connectivity index is 0.620. The van der Waals surface area contributed by atoms with Crippen LogP contribution in [0.2, 0.25) is 0 Å². The van der Waals surface area contributed by atoms with Crippen molar-refractivity contribution in [3.8, 4) is 39.2 Å². The lowest BCUT2D eigenvalue weighted by atomic mass is 9.91. The van der Waals surface area contributed by atoms with Gasteiger partial charge in [0, 0.05) is 125 Å². The molecule has 20 nitrogen and oxygen atoms in total. The maximum Gasteiger partial charge on any atom is 0.254 e. The molecule has 4 fully saturated rings. The zero-order chi connectivity index (χ0) is 52.6. The third kappa shape index (κ3) is 10.6. The van der Waals surface area contributed by atoms with Gasteiger partial charge in [0.1, 0.15) is 30.9 Å². The fourth-order valence-corrected chi connectivity index (χ4v) is 12.6. The largest absolute Gasteiger partial charge is 0.507 e. The van der Waals surface area contributed by atoms with Crippen molar-refractivity contribution in [3.63, 3.8) is 0 Å². The van der Waals surface area contributed by atoms with Gasteiger partial charge in [0.2, 0.25) is 17.7 Å². The monoisotopic (exact) mass is 1050 g/mol. The Bertz CT molecular complexity index is 3020. The number of phenols is 1. The van der Waals surface area contributed by atoms with E-state index in [0.29, 0.717) is 54.4 Å². The van der Waals surface area contributed by atoms with E-state index in [4.69, 9.17) is 19.7 Å². The second kappa shape index (κ2) is 21.9. The molecular weight excluding hydrogens is 987 g/mol. The molecule has 5 N–H and O–H groups in total. The standard InChI is InChI=1S/C55H67N13O7S/c1-33(2)51(55(72)67-30-39(69)25-46(67)54(71)59-34(3)35-9-12-41-44(23-35)63(4)31-43-52(41)76-32-58-43)48-27-50(62-75-48)74-22-20-65-17-15-64(16-18-65)19-21-73-49-24-36(13-14-57-49)68-37-10-11-38(68)29-66(28-37)45-26-42(60-61-53(45)56)40-7-5-6-8-47(40)70/h5-9,12-14,23-24,26-27,32-34,37-39,46,51,69-70H,10-11,15-22,25,28-31H2,1-4H3,(H2,56,61)(H,59,71)/t34-,37?,38?,39+,46-,51?/m0/s1. The maximum absolute atomic E-state index is 14.3. The Hall–Kier alpha value is -7.07. The van der Waals surface area contributed by atoms with E-state index in [1.165, 1.54) is 9.78 Å². The second-order valence-electron chi connectivity index (χ2n) is 21.1. The minimum absolute atomic E-state index is 0.0498. The molecule has 76 heavy (non-hydrogen) atoms. The highest BCUT2D eigenvalue weighted by Crippen LogP contribution is 2.43. The van der Waals surface area contributed by atoms with Crippen molar-refractivity contribution in [1.82, 2.24) is 45.3 Å². The van der Waals surface area contributed by atoms with E-state index in [-0.39, 0.29) is 54.6 Å². The van der Waals surface area contributed by atoms with Gasteiger partial charge in [0.25, 0.3) is 5.88 Å². The number of fused-ring (bicyclic) bond motifs is 5. The highest BCUT2D eigenvalue weighted by atomic mass is 32.1. The van der Waals surface area contributed by atoms with E-state index in [0.717, 1.165) is 99.1 Å². The predicted octanol–water partition coefficient (Wildman–Crippen LogP) is 5.40. The van der Waals surface area contributed by atoms with Crippen molar-refractivity contribution in [1.29, 1.82) is 0 Å². The van der Waals surface area contributed by atoms with Crippen LogP contribution in [0.5, 0.6) is 17.5 Å². The number of likely N-dealkylation sites (tertiary alicyclic amines) is 1. The summed E-state index contributed by atoms with van der Waals surface area (Å²) in [4.78, 5) is 51.7. The average Bonchev–Trinajstić information content (AvgIpc) is 4.27. The number of hydrogen-bond donors (Lipinski definition) is 4. The highest BCUT2D eigenvalue weighted by Gasteiger charge is 2.44. The number of nitrogens with zero attached hydrogens (tertiary/aromatic N) is 11. The Kier molecular flexibility index (Phi) is 14.7. The number of aliphatic hydroxyl groups is 1. The Morgan fingerprint density at radius 3 is 2.34 bits per heavy atom. The number of thiazole rings is 1. The van der Waals surface area contributed by atoms with Gasteiger partial charge >= 0.3 is 0 Å². The van der Waals surface area contributed by atoms with Gasteiger partial charge in [-0.1, -0.05) is 38.1 Å². The number of nitrogen functional groups attached to an aromatic ring is 1. The van der Waals surface area contributed by atoms with Gasteiger partial charge in [-0.05, 0) is 66.7 Å². The van der Waals surface area contributed by atoms with E-state index < -0.39 is 18.1 Å². The topological polar surface area (TPSA) is 228 Å². The van der Waals surface area contributed by atoms with Gasteiger partial charge in [-0.2, -0.15) is 0 Å². The molecule has 0 spiro atoms. The zero-order valence-electron chi connectivity index (χ0n) is 43.5. The third-order valence-corrected chi connectivity index (χ3v) is 16.7. The predicted molar refractivity (Wildman–Crippen MR) is 290 cm³/mol. The first kappa shape index (κ1) is 51.1. The lowest BCUT2D eigenvalue weighted by Gasteiger charge is -2.43. The van der Waals surface area contributed by atoms with Crippen LogP contribution < -0.4 is 35.2 Å². The molecule has 9 heterocycles. The SMILES string of the molecule is CC(C)C(C(=O)N1C[C@H](O)C[C@H]1C(=O)N[C@@H](C)c1ccc2c(c1)N(C)Cc1ncsc1-2)c1cc(OCCN2CCN(CCOc3cc(N4C5CCC4CN(c4cc(-c6ccccc6O)nnc4N)C5)ccn3)CC2)no1. The van der Waals surface area contributed by atoms with Crippen molar-refractivity contribution in [2.45, 2.75) is 82.8 Å². The first-order chi connectivity index (χ1) is 36.8. The number of aliphatic hydroxyl groups excluding tert-OH is 1. The van der Waals surface area contributed by atoms with Gasteiger partial charge in [0.15, 0.2) is 11.6 Å². The Morgan fingerprint density at radius 1 is 0.868 bits per heavy atom. The number of piperazine rings is 2. The van der Waals surface area contributed by atoms with E-state index in [1.54, 1.807) is 29.5 Å². The van der Waals surface area contributed by atoms with E-state index in [2.05, 4.69) is 79.4 Å². The number of anilines is 4. The van der Waals surface area contributed by atoms with Gasteiger partial charge in [0.05, 0.1) is 46.2 Å². The molecule has 2 aromatic carbocycles. The summed E-state index contributed by atoms with van der Waals surface area (Å²) < 4.78 is 18.1. The number of nitrogens with one attached hydrogen (secondary N) is 1. The van der Waals surface area contributed by atoms with Gasteiger partial charge in [-0.25, -0.2) is 9.97 Å². The van der Waals surface area contributed by atoms with Crippen molar-refractivity contribution < 1.29 is 33.8 Å². The van der Waals surface area contributed by atoms with Crippen LogP contribution in [-0.2, 0) is 16.1 Å². The number of phenolic OH excluding ortho intramolecular Hbond substituents is 1. The number of ether oxygens (including phenoxy) is 2. The molecule has 4 aromatic heterocycles. The summed E-state index contributed by atoms with van der Waals surface area (Å²) in [5.74, 6) is 0.298. The summed E-state index contributed by atoms with van der Waals surface area (Å²) in [5, 5.41) is 37.1. The van der Waals surface area contributed by atoms with Gasteiger partial charge in [-0.15, -0.1) is 21.5 Å². The number of benzene rings is 2. The smallest absolute Gasteiger partial charge is 0.254 e. The number of amides is 2. The molecule has 3 unspecified atom stereocenters. The van der Waals surface area contributed by atoms with Crippen molar-refractivity contribution >= 4 is 46.0 Å². The number of hydrogen-bond acceptors (Lipinski definition) is 19. The highest BCUT2D eigenvalue weighted by molar-refractivity contribution is 7.13. The maximum atomic E-state index is 14.3. The summed E-state index contributed by atoms with van der Waals surface area (Å²) in [5.41, 5.74) is 15.6. The lowest BCUT2D eigenvalue weighted by molar-refractivity contribution is -0.141. The number of carbonyl (C=O) groups is 2. The number of pyridine rings is 1. The van der Waals surface area contributed by atoms with Crippen LogP contribution in [0.1, 0.15) is 69.0 Å². The molecule has 2 bridgehead atoms. The number of aromatic nitrogens is 5. The number of aromatic hydroxyl groups is 1. The summed E-state index contributed by atoms with van der Waals surface area (Å²) in [7, 11) is 2.04. The molecule has 6 aromatic rings. The Morgan fingerprint density at radius 2 is 1.61 bits per heavy atom. The molecule has 21 heteroatoms. The number of β-amino-alcohol motifs (C(OH)–C–C–N with tert-alkyl or cyclic N) is 1. The van der Waals surface area contributed by atoms with Crippen LogP contribution in [0.3, 0.4) is 0 Å². The molecule has 0 saturated carbocycles.